The van der Waals surface area contributed by atoms with E-state index < -0.39 is 16.1 Å². The van der Waals surface area contributed by atoms with Crippen molar-refractivity contribution < 1.29 is 22.1 Å². The topological polar surface area (TPSA) is 69.7 Å². The van der Waals surface area contributed by atoms with E-state index in [1.807, 2.05) is 30.3 Å². The van der Waals surface area contributed by atoms with E-state index in [1.165, 1.54) is 36.4 Å². The number of carbonyl (C=O) groups is 1. The van der Waals surface area contributed by atoms with E-state index in [-0.39, 0.29) is 22.7 Å². The zero-order valence-electron chi connectivity index (χ0n) is 17.2. The fraction of sp³-hybridized carbons (Fsp3) is 0.208. The van der Waals surface area contributed by atoms with Crippen molar-refractivity contribution in [2.24, 2.45) is 0 Å². The van der Waals surface area contributed by atoms with Gasteiger partial charge in [0.25, 0.3) is 0 Å². The van der Waals surface area contributed by atoms with Gasteiger partial charge in [0.2, 0.25) is 0 Å². The quantitative estimate of drug-likeness (QED) is 0.406. The van der Waals surface area contributed by atoms with Crippen molar-refractivity contribution in [3.8, 4) is 5.75 Å². The van der Waals surface area contributed by atoms with E-state index in [4.69, 9.17) is 8.92 Å². The number of hydrogen-bond acceptors (Lipinski definition) is 5. The first-order chi connectivity index (χ1) is 14.1. The molecule has 0 unspecified atom stereocenters. The zero-order valence-corrected chi connectivity index (χ0v) is 18.0. The van der Waals surface area contributed by atoms with Gasteiger partial charge in [0.15, 0.2) is 0 Å². The smallest absolute Gasteiger partial charge is 0.339 e. The molecule has 0 fully saturated rings. The predicted molar refractivity (Wildman–Crippen MR) is 115 cm³/mol. The van der Waals surface area contributed by atoms with Crippen molar-refractivity contribution in [2.45, 2.75) is 37.7 Å². The number of carbonyl (C=O) groups excluding carboxylic acids is 1. The van der Waals surface area contributed by atoms with Crippen LogP contribution < -0.4 is 4.18 Å². The molecule has 0 bridgehead atoms. The first-order valence-corrected chi connectivity index (χ1v) is 10.9. The molecule has 3 rings (SSSR count). The molecule has 0 saturated carbocycles. The van der Waals surface area contributed by atoms with Gasteiger partial charge in [-0.3, -0.25) is 0 Å². The molecule has 6 heteroatoms. The maximum Gasteiger partial charge on any atom is 0.339 e. The molecule has 30 heavy (non-hydrogen) atoms. The lowest BCUT2D eigenvalue weighted by Crippen LogP contribution is -2.13. The molecule has 0 aromatic heterocycles. The van der Waals surface area contributed by atoms with Gasteiger partial charge in [-0.1, -0.05) is 63.2 Å². The van der Waals surface area contributed by atoms with Crippen LogP contribution in [0.15, 0.2) is 83.8 Å². The molecule has 0 aliphatic carbocycles. The standard InChI is InChI=1S/C24H24O5S/c1-24(2,3)20-11-15-22(16-12-20)30(26,27)29-21-13-9-19(10-14-21)23(25)28-17-18-7-5-4-6-8-18/h4-16H,17H2,1-3H3. The molecular weight excluding hydrogens is 400 g/mol. The summed E-state index contributed by atoms with van der Waals surface area (Å²) in [5.74, 6) is -0.375. The third-order valence-corrected chi connectivity index (χ3v) is 5.78. The summed E-state index contributed by atoms with van der Waals surface area (Å²) >= 11 is 0. The SMILES string of the molecule is CC(C)(C)c1ccc(S(=O)(=O)Oc2ccc(C(=O)OCc3ccccc3)cc2)cc1. The maximum atomic E-state index is 12.5. The van der Waals surface area contributed by atoms with E-state index >= 15 is 0 Å². The molecule has 0 saturated heterocycles. The Labute approximate surface area is 177 Å². The van der Waals surface area contributed by atoms with Crippen LogP contribution in [0.4, 0.5) is 0 Å². The molecular formula is C24H24O5S. The molecule has 0 spiro atoms. The van der Waals surface area contributed by atoms with Crippen molar-refractivity contribution in [3.05, 3.63) is 95.6 Å². The first-order valence-electron chi connectivity index (χ1n) is 9.51. The summed E-state index contributed by atoms with van der Waals surface area (Å²) in [6.45, 7) is 6.33. The summed E-state index contributed by atoms with van der Waals surface area (Å²) in [5.41, 5.74) is 2.15. The highest BCUT2D eigenvalue weighted by Gasteiger charge is 2.19. The monoisotopic (exact) mass is 424 g/mol. The van der Waals surface area contributed by atoms with Gasteiger partial charge in [0.1, 0.15) is 17.3 Å². The van der Waals surface area contributed by atoms with Crippen LogP contribution in [0.25, 0.3) is 0 Å². The molecule has 5 nitrogen and oxygen atoms in total. The fourth-order valence-electron chi connectivity index (χ4n) is 2.75. The maximum absolute atomic E-state index is 12.5. The number of ether oxygens (including phenoxy) is 1. The Morgan fingerprint density at radius 3 is 2.00 bits per heavy atom. The first kappa shape index (κ1) is 21.6. The van der Waals surface area contributed by atoms with E-state index in [9.17, 15) is 13.2 Å². The Balaban J connectivity index is 1.65. The Morgan fingerprint density at radius 2 is 1.43 bits per heavy atom. The molecule has 0 radical (unpaired) electrons. The second-order valence-corrected chi connectivity index (χ2v) is 9.44. The van der Waals surface area contributed by atoms with Gasteiger partial charge in [-0.25, -0.2) is 4.79 Å². The van der Waals surface area contributed by atoms with Gasteiger partial charge in [-0.2, -0.15) is 8.42 Å². The van der Waals surface area contributed by atoms with Crippen LogP contribution >= 0.6 is 0 Å². The van der Waals surface area contributed by atoms with Crippen molar-refractivity contribution in [1.82, 2.24) is 0 Å². The van der Waals surface area contributed by atoms with E-state index in [0.717, 1.165) is 11.1 Å². The van der Waals surface area contributed by atoms with Crippen LogP contribution in [0.3, 0.4) is 0 Å². The Kier molecular flexibility index (Phi) is 6.27. The zero-order chi connectivity index (χ0) is 21.8. The third kappa shape index (κ3) is 5.48. The number of benzene rings is 3. The van der Waals surface area contributed by atoms with Gasteiger partial charge < -0.3 is 8.92 Å². The largest absolute Gasteiger partial charge is 0.457 e. The highest BCUT2D eigenvalue weighted by molar-refractivity contribution is 7.87. The second kappa shape index (κ2) is 8.71. The molecule has 0 aliphatic heterocycles. The summed E-state index contributed by atoms with van der Waals surface area (Å²) in [4.78, 5) is 12.2. The predicted octanol–water partition coefficient (Wildman–Crippen LogP) is 5.11. The average molecular weight is 425 g/mol. The average Bonchev–Trinajstić information content (AvgIpc) is 2.72. The van der Waals surface area contributed by atoms with Gasteiger partial charge in [0, 0.05) is 0 Å². The molecule has 0 heterocycles. The number of rotatable bonds is 6. The minimum absolute atomic E-state index is 0.0712. The fourth-order valence-corrected chi connectivity index (χ4v) is 3.68. The number of hydrogen-bond donors (Lipinski definition) is 0. The normalized spacial score (nSPS) is 11.7. The van der Waals surface area contributed by atoms with Crippen molar-refractivity contribution in [3.63, 3.8) is 0 Å². The minimum Gasteiger partial charge on any atom is -0.457 e. The lowest BCUT2D eigenvalue weighted by atomic mass is 9.87. The van der Waals surface area contributed by atoms with Crippen LogP contribution in [-0.4, -0.2) is 14.4 Å². The molecule has 0 amide bonds. The summed E-state index contributed by atoms with van der Waals surface area (Å²) in [5, 5.41) is 0. The third-order valence-electron chi connectivity index (χ3n) is 4.52. The van der Waals surface area contributed by atoms with Crippen LogP contribution in [0.5, 0.6) is 5.75 Å². The lowest BCUT2D eigenvalue weighted by Gasteiger charge is -2.19. The summed E-state index contributed by atoms with van der Waals surface area (Å²) < 4.78 is 35.5. The minimum atomic E-state index is -3.97. The van der Waals surface area contributed by atoms with Gasteiger partial charge in [-0.15, -0.1) is 0 Å². The lowest BCUT2D eigenvalue weighted by molar-refractivity contribution is 0.0472. The molecule has 0 atom stereocenters. The van der Waals surface area contributed by atoms with Crippen LogP contribution in [0, 0.1) is 0 Å². The van der Waals surface area contributed by atoms with Crippen molar-refractivity contribution >= 4 is 16.1 Å². The van der Waals surface area contributed by atoms with E-state index in [2.05, 4.69) is 20.8 Å². The summed E-state index contributed by atoms with van der Waals surface area (Å²) in [6, 6.07) is 21.8. The Morgan fingerprint density at radius 1 is 0.833 bits per heavy atom. The summed E-state index contributed by atoms with van der Waals surface area (Å²) in [6.07, 6.45) is 0. The number of esters is 1. The van der Waals surface area contributed by atoms with Crippen LogP contribution in [0.1, 0.15) is 42.3 Å². The molecule has 156 valence electrons. The van der Waals surface area contributed by atoms with Crippen LogP contribution in [0.2, 0.25) is 0 Å². The van der Waals surface area contributed by atoms with E-state index in [1.54, 1.807) is 12.1 Å². The van der Waals surface area contributed by atoms with Gasteiger partial charge in [-0.05, 0) is 52.9 Å². The van der Waals surface area contributed by atoms with E-state index in [0.29, 0.717) is 5.56 Å². The molecule has 3 aromatic rings. The highest BCUT2D eigenvalue weighted by Crippen LogP contribution is 2.25. The van der Waals surface area contributed by atoms with Crippen molar-refractivity contribution in [1.29, 1.82) is 0 Å². The Hall–Kier alpha value is -3.12. The second-order valence-electron chi connectivity index (χ2n) is 7.90. The molecule has 0 N–H and O–H groups in total. The highest BCUT2D eigenvalue weighted by atomic mass is 32.2. The summed E-state index contributed by atoms with van der Waals surface area (Å²) in [7, 11) is -3.97. The van der Waals surface area contributed by atoms with Crippen LogP contribution in [-0.2, 0) is 26.9 Å². The van der Waals surface area contributed by atoms with Gasteiger partial charge >= 0.3 is 16.1 Å². The van der Waals surface area contributed by atoms with Crippen molar-refractivity contribution in [2.75, 3.05) is 0 Å². The molecule has 3 aromatic carbocycles. The molecule has 0 aliphatic rings. The Bertz CT molecular complexity index is 1100. The van der Waals surface area contributed by atoms with Gasteiger partial charge in [0.05, 0.1) is 5.56 Å².